The topological polar surface area (TPSA) is 38.3 Å². The standard InChI is InChI=1S/C28H24ClNO2/c29-24-10-7-11-25(20-24)30-28(31)19-23(18-21-8-3-1-4-9-21)22-14-16-27(17-15-22)32-26-12-5-2-6-13-26/h1-17,20,23H,18-19H2,(H,30,31). The number of rotatable bonds is 8. The van der Waals surface area contributed by atoms with Crippen molar-refractivity contribution >= 4 is 23.2 Å². The van der Waals surface area contributed by atoms with Crippen LogP contribution in [0.3, 0.4) is 0 Å². The van der Waals surface area contributed by atoms with Crippen molar-refractivity contribution in [2.24, 2.45) is 0 Å². The number of halogens is 1. The summed E-state index contributed by atoms with van der Waals surface area (Å²) < 4.78 is 5.91. The van der Waals surface area contributed by atoms with E-state index in [2.05, 4.69) is 17.4 Å². The molecule has 4 aromatic carbocycles. The Bertz CT molecular complexity index is 1140. The van der Waals surface area contributed by atoms with Crippen LogP contribution in [0.2, 0.25) is 5.02 Å². The van der Waals surface area contributed by atoms with Gasteiger partial charge in [-0.3, -0.25) is 4.79 Å². The fourth-order valence-electron chi connectivity index (χ4n) is 3.64. The van der Waals surface area contributed by atoms with Gasteiger partial charge in [-0.1, -0.05) is 78.3 Å². The summed E-state index contributed by atoms with van der Waals surface area (Å²) in [5, 5.41) is 3.56. The molecule has 0 aliphatic rings. The molecule has 1 N–H and O–H groups in total. The lowest BCUT2D eigenvalue weighted by Gasteiger charge is -2.18. The fourth-order valence-corrected chi connectivity index (χ4v) is 3.83. The Labute approximate surface area is 193 Å². The van der Waals surface area contributed by atoms with Crippen LogP contribution >= 0.6 is 11.6 Å². The van der Waals surface area contributed by atoms with Gasteiger partial charge in [0.2, 0.25) is 5.91 Å². The van der Waals surface area contributed by atoms with Crippen molar-refractivity contribution in [2.45, 2.75) is 18.8 Å². The normalized spacial score (nSPS) is 11.5. The van der Waals surface area contributed by atoms with Crippen LogP contribution in [-0.2, 0) is 11.2 Å². The molecular formula is C28H24ClNO2. The van der Waals surface area contributed by atoms with Crippen molar-refractivity contribution in [3.8, 4) is 11.5 Å². The van der Waals surface area contributed by atoms with Crippen LogP contribution in [0.4, 0.5) is 5.69 Å². The highest BCUT2D eigenvalue weighted by atomic mass is 35.5. The quantitative estimate of drug-likeness (QED) is 0.307. The molecule has 0 spiro atoms. The molecule has 0 radical (unpaired) electrons. The number of carbonyl (C=O) groups excluding carboxylic acids is 1. The summed E-state index contributed by atoms with van der Waals surface area (Å²) in [6.07, 6.45) is 1.13. The third-order valence-corrected chi connectivity index (χ3v) is 5.43. The first-order valence-corrected chi connectivity index (χ1v) is 11.0. The Morgan fingerprint density at radius 1 is 0.781 bits per heavy atom. The summed E-state index contributed by atoms with van der Waals surface area (Å²) in [5.74, 6) is 1.55. The number of hydrogen-bond donors (Lipinski definition) is 1. The van der Waals surface area contributed by atoms with Crippen LogP contribution in [0.1, 0.15) is 23.5 Å². The minimum atomic E-state index is -0.0437. The van der Waals surface area contributed by atoms with E-state index >= 15 is 0 Å². The lowest BCUT2D eigenvalue weighted by molar-refractivity contribution is -0.116. The van der Waals surface area contributed by atoms with E-state index in [1.807, 2.05) is 84.9 Å². The van der Waals surface area contributed by atoms with Gasteiger partial charge in [-0.15, -0.1) is 0 Å². The molecule has 0 bridgehead atoms. The predicted octanol–water partition coefficient (Wildman–Crippen LogP) is 7.49. The molecule has 0 aliphatic heterocycles. The molecule has 4 aromatic rings. The highest BCUT2D eigenvalue weighted by Crippen LogP contribution is 2.29. The minimum Gasteiger partial charge on any atom is -0.457 e. The van der Waals surface area contributed by atoms with Crippen LogP contribution in [0, 0.1) is 0 Å². The van der Waals surface area contributed by atoms with E-state index in [1.165, 1.54) is 5.56 Å². The predicted molar refractivity (Wildman–Crippen MR) is 131 cm³/mol. The summed E-state index contributed by atoms with van der Waals surface area (Å²) in [6, 6.07) is 35.1. The van der Waals surface area contributed by atoms with Crippen LogP contribution in [0.25, 0.3) is 0 Å². The van der Waals surface area contributed by atoms with Gasteiger partial charge in [0, 0.05) is 17.1 Å². The van der Waals surface area contributed by atoms with Crippen molar-refractivity contribution in [1.29, 1.82) is 0 Å². The molecule has 0 aliphatic carbocycles. The Hall–Kier alpha value is -3.56. The first kappa shape index (κ1) is 21.7. The van der Waals surface area contributed by atoms with E-state index < -0.39 is 0 Å². The molecule has 0 fully saturated rings. The van der Waals surface area contributed by atoms with Crippen LogP contribution in [0.5, 0.6) is 11.5 Å². The molecule has 4 rings (SSSR count). The maximum absolute atomic E-state index is 12.8. The smallest absolute Gasteiger partial charge is 0.224 e. The zero-order valence-corrected chi connectivity index (χ0v) is 18.3. The molecule has 32 heavy (non-hydrogen) atoms. The van der Waals surface area contributed by atoms with Crippen LogP contribution in [-0.4, -0.2) is 5.91 Å². The number of hydrogen-bond acceptors (Lipinski definition) is 2. The molecule has 1 amide bonds. The lowest BCUT2D eigenvalue weighted by Crippen LogP contribution is -2.17. The largest absolute Gasteiger partial charge is 0.457 e. The molecule has 1 unspecified atom stereocenters. The monoisotopic (exact) mass is 441 g/mol. The molecule has 4 heteroatoms. The Morgan fingerprint density at radius 3 is 2.12 bits per heavy atom. The number of para-hydroxylation sites is 1. The van der Waals surface area contributed by atoms with E-state index in [9.17, 15) is 4.79 Å². The number of benzene rings is 4. The first-order chi connectivity index (χ1) is 15.7. The third-order valence-electron chi connectivity index (χ3n) is 5.20. The van der Waals surface area contributed by atoms with Gasteiger partial charge in [0.15, 0.2) is 0 Å². The van der Waals surface area contributed by atoms with E-state index in [0.29, 0.717) is 17.1 Å². The molecule has 0 saturated heterocycles. The Morgan fingerprint density at radius 2 is 1.44 bits per heavy atom. The molecular weight excluding hydrogens is 418 g/mol. The highest BCUT2D eigenvalue weighted by Gasteiger charge is 2.17. The SMILES string of the molecule is O=C(CC(Cc1ccccc1)c1ccc(Oc2ccccc2)cc1)Nc1cccc(Cl)c1. The van der Waals surface area contributed by atoms with E-state index in [4.69, 9.17) is 16.3 Å². The van der Waals surface area contributed by atoms with Crippen molar-refractivity contribution in [3.05, 3.63) is 125 Å². The third kappa shape index (κ3) is 6.22. The second kappa shape index (κ2) is 10.7. The summed E-state index contributed by atoms with van der Waals surface area (Å²) in [7, 11) is 0. The lowest BCUT2D eigenvalue weighted by atomic mass is 9.89. The zero-order valence-electron chi connectivity index (χ0n) is 17.6. The minimum absolute atomic E-state index is 0.0300. The average Bonchev–Trinajstić information content (AvgIpc) is 2.80. The Kier molecular flexibility index (Phi) is 7.21. The summed E-state index contributed by atoms with van der Waals surface area (Å²) in [4.78, 5) is 12.8. The summed E-state index contributed by atoms with van der Waals surface area (Å²) in [5.41, 5.74) is 2.99. The highest BCUT2D eigenvalue weighted by molar-refractivity contribution is 6.30. The number of ether oxygens (including phenoxy) is 1. The van der Waals surface area contributed by atoms with Crippen molar-refractivity contribution in [1.82, 2.24) is 0 Å². The number of anilines is 1. The van der Waals surface area contributed by atoms with Gasteiger partial charge >= 0.3 is 0 Å². The maximum atomic E-state index is 12.8. The van der Waals surface area contributed by atoms with Gasteiger partial charge in [0.05, 0.1) is 0 Å². The van der Waals surface area contributed by atoms with Crippen molar-refractivity contribution < 1.29 is 9.53 Å². The van der Waals surface area contributed by atoms with Gasteiger partial charge in [-0.2, -0.15) is 0 Å². The number of nitrogens with one attached hydrogen (secondary N) is 1. The van der Waals surface area contributed by atoms with Gasteiger partial charge in [0.1, 0.15) is 11.5 Å². The molecule has 160 valence electrons. The average molecular weight is 442 g/mol. The van der Waals surface area contributed by atoms with Crippen LogP contribution in [0.15, 0.2) is 109 Å². The van der Waals surface area contributed by atoms with Gasteiger partial charge < -0.3 is 10.1 Å². The number of amides is 1. The second-order valence-electron chi connectivity index (χ2n) is 7.63. The van der Waals surface area contributed by atoms with Crippen LogP contribution < -0.4 is 10.1 Å². The molecule has 0 aromatic heterocycles. The first-order valence-electron chi connectivity index (χ1n) is 10.6. The van der Waals surface area contributed by atoms with E-state index in [0.717, 1.165) is 23.5 Å². The molecule has 0 heterocycles. The van der Waals surface area contributed by atoms with E-state index in [-0.39, 0.29) is 11.8 Å². The van der Waals surface area contributed by atoms with E-state index in [1.54, 1.807) is 12.1 Å². The van der Waals surface area contributed by atoms with Gasteiger partial charge in [-0.05, 0) is 65.9 Å². The van der Waals surface area contributed by atoms with Crippen molar-refractivity contribution in [2.75, 3.05) is 5.32 Å². The maximum Gasteiger partial charge on any atom is 0.224 e. The molecule has 1 atom stereocenters. The summed E-state index contributed by atoms with van der Waals surface area (Å²) in [6.45, 7) is 0. The number of carbonyl (C=O) groups is 1. The molecule has 0 saturated carbocycles. The van der Waals surface area contributed by atoms with Gasteiger partial charge in [-0.25, -0.2) is 0 Å². The van der Waals surface area contributed by atoms with Gasteiger partial charge in [0.25, 0.3) is 0 Å². The molecule has 3 nitrogen and oxygen atoms in total. The Balaban J connectivity index is 1.50. The second-order valence-corrected chi connectivity index (χ2v) is 8.07. The summed E-state index contributed by atoms with van der Waals surface area (Å²) >= 11 is 6.05. The van der Waals surface area contributed by atoms with Crippen molar-refractivity contribution in [3.63, 3.8) is 0 Å². The fraction of sp³-hybridized carbons (Fsp3) is 0.107. The zero-order chi connectivity index (χ0) is 22.2.